The van der Waals surface area contributed by atoms with Crippen LogP contribution in [-0.4, -0.2) is 49.1 Å². The van der Waals surface area contributed by atoms with E-state index in [4.69, 9.17) is 0 Å². The summed E-state index contributed by atoms with van der Waals surface area (Å²) in [5.41, 5.74) is 0.633. The highest BCUT2D eigenvalue weighted by atomic mass is 32.2. The van der Waals surface area contributed by atoms with Crippen LogP contribution in [-0.2, 0) is 0 Å². The molecule has 0 bridgehead atoms. The van der Waals surface area contributed by atoms with E-state index in [1.807, 2.05) is 0 Å². The van der Waals surface area contributed by atoms with Gasteiger partial charge in [0.2, 0.25) is 0 Å². The van der Waals surface area contributed by atoms with Gasteiger partial charge in [0.05, 0.1) is 0 Å². The predicted octanol–water partition coefficient (Wildman–Crippen LogP) is 2.60. The molecule has 0 radical (unpaired) electrons. The summed E-state index contributed by atoms with van der Waals surface area (Å²) in [4.78, 5) is 2.73. The molecule has 0 saturated carbocycles. The van der Waals surface area contributed by atoms with Crippen LogP contribution in [0, 0.1) is 5.41 Å². The minimum absolute atomic E-state index is 0.633. The molecule has 1 spiro atoms. The summed E-state index contributed by atoms with van der Waals surface area (Å²) in [7, 11) is 0. The molecule has 0 aromatic carbocycles. The van der Waals surface area contributed by atoms with Crippen molar-refractivity contribution in [2.45, 2.75) is 39.0 Å². The van der Waals surface area contributed by atoms with Crippen molar-refractivity contribution in [3.8, 4) is 0 Å². The van der Waals surface area contributed by atoms with Crippen LogP contribution in [0.4, 0.5) is 0 Å². The zero-order chi connectivity index (χ0) is 12.0. The normalized spacial score (nSPS) is 30.9. The van der Waals surface area contributed by atoms with E-state index in [-0.39, 0.29) is 0 Å². The van der Waals surface area contributed by atoms with Gasteiger partial charge in [-0.05, 0) is 68.7 Å². The van der Waals surface area contributed by atoms with Gasteiger partial charge in [-0.2, -0.15) is 11.8 Å². The summed E-state index contributed by atoms with van der Waals surface area (Å²) in [6, 6.07) is 0. The van der Waals surface area contributed by atoms with Gasteiger partial charge in [0.1, 0.15) is 0 Å². The van der Waals surface area contributed by atoms with Crippen molar-refractivity contribution in [1.29, 1.82) is 0 Å². The summed E-state index contributed by atoms with van der Waals surface area (Å²) in [6.45, 7) is 8.81. The SMILES string of the molecule is CCSCCCN1CCCC2(CCCNC2)C1. The van der Waals surface area contributed by atoms with Gasteiger partial charge in [0, 0.05) is 13.1 Å². The highest BCUT2D eigenvalue weighted by molar-refractivity contribution is 7.99. The maximum absolute atomic E-state index is 3.61. The molecule has 2 aliphatic rings. The van der Waals surface area contributed by atoms with Gasteiger partial charge in [-0.15, -0.1) is 0 Å². The van der Waals surface area contributed by atoms with Gasteiger partial charge in [-0.1, -0.05) is 6.92 Å². The number of hydrogen-bond acceptors (Lipinski definition) is 3. The van der Waals surface area contributed by atoms with Crippen molar-refractivity contribution in [1.82, 2.24) is 10.2 Å². The third-order valence-corrected chi connectivity index (χ3v) is 5.25. The van der Waals surface area contributed by atoms with Crippen LogP contribution in [0.3, 0.4) is 0 Å². The Morgan fingerprint density at radius 3 is 2.94 bits per heavy atom. The average Bonchev–Trinajstić information content (AvgIpc) is 2.36. The van der Waals surface area contributed by atoms with E-state index >= 15 is 0 Å². The van der Waals surface area contributed by atoms with E-state index in [1.54, 1.807) is 0 Å². The first-order valence-corrected chi connectivity index (χ1v) is 8.51. The number of likely N-dealkylation sites (tertiary alicyclic amines) is 1. The van der Waals surface area contributed by atoms with E-state index in [2.05, 4.69) is 28.9 Å². The number of piperidine rings is 2. The molecule has 0 amide bonds. The molecule has 1 atom stereocenters. The van der Waals surface area contributed by atoms with Crippen molar-refractivity contribution < 1.29 is 0 Å². The molecule has 2 aliphatic heterocycles. The number of nitrogens with one attached hydrogen (secondary N) is 1. The Balaban J connectivity index is 1.72. The highest BCUT2D eigenvalue weighted by Gasteiger charge is 2.35. The van der Waals surface area contributed by atoms with E-state index < -0.39 is 0 Å². The number of nitrogens with zero attached hydrogens (tertiary/aromatic N) is 1. The van der Waals surface area contributed by atoms with Crippen LogP contribution in [0.15, 0.2) is 0 Å². The van der Waals surface area contributed by atoms with Crippen LogP contribution in [0.25, 0.3) is 0 Å². The van der Waals surface area contributed by atoms with E-state index in [1.165, 1.54) is 76.3 Å². The second-order valence-electron chi connectivity index (χ2n) is 5.71. The number of rotatable bonds is 5. The topological polar surface area (TPSA) is 15.3 Å². The summed E-state index contributed by atoms with van der Waals surface area (Å²) >= 11 is 2.08. The molecule has 2 nitrogen and oxygen atoms in total. The minimum atomic E-state index is 0.633. The first kappa shape index (κ1) is 13.7. The fraction of sp³-hybridized carbons (Fsp3) is 1.00. The van der Waals surface area contributed by atoms with Crippen LogP contribution in [0.1, 0.15) is 39.0 Å². The smallest absolute Gasteiger partial charge is 0.00502 e. The molecule has 0 aromatic rings. The van der Waals surface area contributed by atoms with Crippen LogP contribution >= 0.6 is 11.8 Å². The van der Waals surface area contributed by atoms with Crippen LogP contribution < -0.4 is 5.32 Å². The molecule has 2 rings (SSSR count). The van der Waals surface area contributed by atoms with Crippen LogP contribution in [0.2, 0.25) is 0 Å². The van der Waals surface area contributed by atoms with Crippen molar-refractivity contribution in [2.24, 2.45) is 5.41 Å². The zero-order valence-corrected chi connectivity index (χ0v) is 12.2. The van der Waals surface area contributed by atoms with E-state index in [0.717, 1.165) is 0 Å². The zero-order valence-electron chi connectivity index (χ0n) is 11.3. The Labute approximate surface area is 111 Å². The standard InChI is InChI=1S/C14H28N2S/c1-2-17-11-5-10-16-9-4-7-14(13-16)6-3-8-15-12-14/h15H,2-13H2,1H3. The molecule has 1 unspecified atom stereocenters. The predicted molar refractivity (Wildman–Crippen MR) is 77.8 cm³/mol. The van der Waals surface area contributed by atoms with Crippen LogP contribution in [0.5, 0.6) is 0 Å². The summed E-state index contributed by atoms with van der Waals surface area (Å²) in [6.07, 6.45) is 7.10. The summed E-state index contributed by atoms with van der Waals surface area (Å²) in [5, 5.41) is 3.61. The third kappa shape index (κ3) is 4.15. The first-order chi connectivity index (χ1) is 8.35. The van der Waals surface area contributed by atoms with E-state index in [9.17, 15) is 0 Å². The lowest BCUT2D eigenvalue weighted by Crippen LogP contribution is -2.51. The van der Waals surface area contributed by atoms with Gasteiger partial charge in [-0.3, -0.25) is 0 Å². The van der Waals surface area contributed by atoms with E-state index in [0.29, 0.717) is 5.41 Å². The summed E-state index contributed by atoms with van der Waals surface area (Å²) < 4.78 is 0. The maximum atomic E-state index is 3.61. The Morgan fingerprint density at radius 2 is 2.18 bits per heavy atom. The second-order valence-corrected chi connectivity index (χ2v) is 7.10. The molecule has 100 valence electrons. The Kier molecular flexibility index (Phi) is 5.64. The van der Waals surface area contributed by atoms with Gasteiger partial charge in [0.15, 0.2) is 0 Å². The average molecular weight is 256 g/mol. The maximum Gasteiger partial charge on any atom is 0.00502 e. The minimum Gasteiger partial charge on any atom is -0.316 e. The molecule has 17 heavy (non-hydrogen) atoms. The van der Waals surface area contributed by atoms with Crippen molar-refractivity contribution in [3.63, 3.8) is 0 Å². The Hall–Kier alpha value is 0.270. The molecular formula is C14H28N2S. The first-order valence-electron chi connectivity index (χ1n) is 7.35. The molecule has 1 N–H and O–H groups in total. The monoisotopic (exact) mass is 256 g/mol. The molecule has 2 heterocycles. The third-order valence-electron chi connectivity index (χ3n) is 4.27. The fourth-order valence-electron chi connectivity index (χ4n) is 3.41. The molecule has 0 aliphatic carbocycles. The molecule has 0 aromatic heterocycles. The van der Waals surface area contributed by atoms with Gasteiger partial charge in [-0.25, -0.2) is 0 Å². The largest absolute Gasteiger partial charge is 0.316 e. The molecule has 2 saturated heterocycles. The van der Waals surface area contributed by atoms with Crippen molar-refractivity contribution in [3.05, 3.63) is 0 Å². The lowest BCUT2D eigenvalue weighted by molar-refractivity contribution is 0.0650. The number of thioether (sulfide) groups is 1. The Bertz CT molecular complexity index is 209. The van der Waals surface area contributed by atoms with Gasteiger partial charge in [0.25, 0.3) is 0 Å². The second kappa shape index (κ2) is 7.01. The van der Waals surface area contributed by atoms with Gasteiger partial charge < -0.3 is 10.2 Å². The lowest BCUT2D eigenvalue weighted by atomic mass is 9.74. The summed E-state index contributed by atoms with van der Waals surface area (Å²) in [5.74, 6) is 2.62. The lowest BCUT2D eigenvalue weighted by Gasteiger charge is -2.45. The van der Waals surface area contributed by atoms with Crippen molar-refractivity contribution in [2.75, 3.05) is 44.2 Å². The Morgan fingerprint density at radius 1 is 1.29 bits per heavy atom. The molecule has 2 fully saturated rings. The quantitative estimate of drug-likeness (QED) is 0.761. The fourth-order valence-corrected chi connectivity index (χ4v) is 4.04. The molecular weight excluding hydrogens is 228 g/mol. The highest BCUT2D eigenvalue weighted by Crippen LogP contribution is 2.35. The van der Waals surface area contributed by atoms with Crippen molar-refractivity contribution >= 4 is 11.8 Å². The molecule has 3 heteroatoms. The van der Waals surface area contributed by atoms with Gasteiger partial charge >= 0.3 is 0 Å². The number of hydrogen-bond donors (Lipinski definition) is 1.